The molecule has 0 radical (unpaired) electrons. The van der Waals surface area contributed by atoms with E-state index in [-0.39, 0.29) is 18.0 Å². The lowest BCUT2D eigenvalue weighted by Crippen LogP contribution is -2.38. The molecule has 2 aromatic rings. The third-order valence-electron chi connectivity index (χ3n) is 5.02. The number of ether oxygens (including phenoxy) is 2. The molecule has 0 saturated carbocycles. The van der Waals surface area contributed by atoms with Crippen molar-refractivity contribution < 1.29 is 18.7 Å². The maximum absolute atomic E-state index is 13.1. The van der Waals surface area contributed by atoms with Crippen molar-refractivity contribution >= 4 is 17.3 Å². The van der Waals surface area contributed by atoms with Crippen LogP contribution in [-0.2, 0) is 4.74 Å². The topological polar surface area (TPSA) is 50.8 Å². The van der Waals surface area contributed by atoms with Gasteiger partial charge in [-0.2, -0.15) is 0 Å². The summed E-state index contributed by atoms with van der Waals surface area (Å²) in [6, 6.07) is 13.8. The number of carbonyl (C=O) groups is 1. The van der Waals surface area contributed by atoms with Crippen LogP contribution < -0.4 is 10.1 Å². The highest BCUT2D eigenvalue weighted by Gasteiger charge is 2.21. The second kappa shape index (κ2) is 8.44. The Labute approximate surface area is 163 Å². The van der Waals surface area contributed by atoms with Crippen molar-refractivity contribution in [3.8, 4) is 5.75 Å². The zero-order valence-electron chi connectivity index (χ0n) is 15.6. The molecule has 1 unspecified atom stereocenters. The Balaban J connectivity index is 1.39. The van der Waals surface area contributed by atoms with Gasteiger partial charge in [0.1, 0.15) is 17.7 Å². The first kappa shape index (κ1) is 18.5. The second-order valence-electron chi connectivity index (χ2n) is 6.96. The van der Waals surface area contributed by atoms with Gasteiger partial charge in [-0.05, 0) is 41.8 Å². The first-order chi connectivity index (χ1) is 13.7. The molecule has 2 amide bonds. The van der Waals surface area contributed by atoms with Gasteiger partial charge in [0.15, 0.2) is 0 Å². The summed E-state index contributed by atoms with van der Waals surface area (Å²) >= 11 is 0. The van der Waals surface area contributed by atoms with Crippen LogP contribution in [0.4, 0.5) is 14.9 Å². The van der Waals surface area contributed by atoms with E-state index >= 15 is 0 Å². The molecule has 4 rings (SSSR count). The molecule has 28 heavy (non-hydrogen) atoms. The molecular formula is C22H23FN2O3. The second-order valence-corrected chi connectivity index (χ2v) is 6.96. The quantitative estimate of drug-likeness (QED) is 0.857. The minimum atomic E-state index is -0.244. The van der Waals surface area contributed by atoms with Crippen LogP contribution in [0.5, 0.6) is 5.75 Å². The number of nitrogens with one attached hydrogen (secondary N) is 1. The van der Waals surface area contributed by atoms with Crippen molar-refractivity contribution in [3.05, 3.63) is 66.0 Å². The molecule has 1 N–H and O–H groups in total. The summed E-state index contributed by atoms with van der Waals surface area (Å²) in [6.07, 6.45) is 3.63. The molecule has 2 heterocycles. The monoisotopic (exact) mass is 382 g/mol. The number of amides is 2. The highest BCUT2D eigenvalue weighted by atomic mass is 19.1. The van der Waals surface area contributed by atoms with Crippen molar-refractivity contribution in [3.63, 3.8) is 0 Å². The largest absolute Gasteiger partial charge is 0.486 e. The Kier molecular flexibility index (Phi) is 5.58. The maximum Gasteiger partial charge on any atom is 0.322 e. The lowest BCUT2D eigenvalue weighted by atomic mass is 10.00. The Bertz CT molecular complexity index is 860. The van der Waals surface area contributed by atoms with Gasteiger partial charge in [-0.25, -0.2) is 9.18 Å². The van der Waals surface area contributed by atoms with Gasteiger partial charge in [-0.15, -0.1) is 0 Å². The Morgan fingerprint density at radius 3 is 2.71 bits per heavy atom. The van der Waals surface area contributed by atoms with Crippen LogP contribution >= 0.6 is 0 Å². The number of para-hydroxylation sites is 2. The number of carbonyl (C=O) groups excluding carboxylic acids is 1. The highest BCUT2D eigenvalue weighted by Crippen LogP contribution is 2.28. The van der Waals surface area contributed by atoms with Gasteiger partial charge in [0.25, 0.3) is 0 Å². The summed E-state index contributed by atoms with van der Waals surface area (Å²) in [4.78, 5) is 14.5. The predicted octanol–water partition coefficient (Wildman–Crippen LogP) is 4.31. The smallest absolute Gasteiger partial charge is 0.322 e. The van der Waals surface area contributed by atoms with Crippen molar-refractivity contribution in [2.45, 2.75) is 18.9 Å². The maximum atomic E-state index is 13.1. The summed E-state index contributed by atoms with van der Waals surface area (Å²) in [5.74, 6) is 0.414. The van der Waals surface area contributed by atoms with E-state index in [0.29, 0.717) is 37.7 Å². The summed E-state index contributed by atoms with van der Waals surface area (Å²) in [6.45, 7) is 2.40. The lowest BCUT2D eigenvalue weighted by Gasteiger charge is -2.27. The van der Waals surface area contributed by atoms with Crippen molar-refractivity contribution in [1.29, 1.82) is 0 Å². The molecule has 1 saturated heterocycles. The van der Waals surface area contributed by atoms with E-state index in [4.69, 9.17) is 9.47 Å². The minimum Gasteiger partial charge on any atom is -0.486 e. The number of urea groups is 1. The molecule has 2 aliphatic heterocycles. The van der Waals surface area contributed by atoms with Gasteiger partial charge in [0.05, 0.1) is 18.9 Å². The number of hydrogen-bond acceptors (Lipinski definition) is 3. The molecule has 6 heteroatoms. The molecule has 146 valence electrons. The molecule has 1 fully saturated rings. The van der Waals surface area contributed by atoms with Crippen LogP contribution in [0.3, 0.4) is 0 Å². The summed E-state index contributed by atoms with van der Waals surface area (Å²) in [7, 11) is 0. The van der Waals surface area contributed by atoms with Crippen LogP contribution in [0.2, 0.25) is 0 Å². The fourth-order valence-electron chi connectivity index (χ4n) is 3.43. The Hall–Kier alpha value is -2.86. The molecule has 2 aliphatic rings. The summed E-state index contributed by atoms with van der Waals surface area (Å²) in [5.41, 5.74) is 2.79. The first-order valence-corrected chi connectivity index (χ1v) is 9.53. The molecule has 0 spiro atoms. The molecule has 1 atom stereocenters. The summed E-state index contributed by atoms with van der Waals surface area (Å²) in [5, 5.41) is 2.96. The van der Waals surface area contributed by atoms with Crippen molar-refractivity contribution in [2.24, 2.45) is 0 Å². The predicted molar refractivity (Wildman–Crippen MR) is 106 cm³/mol. The van der Waals surface area contributed by atoms with Crippen LogP contribution in [0, 0.1) is 5.82 Å². The molecular weight excluding hydrogens is 359 g/mol. The number of anilines is 1. The number of hydrogen-bond donors (Lipinski definition) is 1. The highest BCUT2D eigenvalue weighted by molar-refractivity contribution is 5.91. The van der Waals surface area contributed by atoms with Crippen LogP contribution in [0.25, 0.3) is 5.57 Å². The third kappa shape index (κ3) is 4.34. The first-order valence-electron chi connectivity index (χ1n) is 9.53. The fourth-order valence-corrected chi connectivity index (χ4v) is 3.43. The minimum absolute atomic E-state index is 0.0224. The van der Waals surface area contributed by atoms with Crippen LogP contribution in [0.15, 0.2) is 54.6 Å². The zero-order chi connectivity index (χ0) is 19.3. The van der Waals surface area contributed by atoms with E-state index in [1.807, 2.05) is 30.3 Å². The standard InChI is InChI=1S/C22H23FN2O3/c23-18-7-5-16(6-8-18)17-9-12-25(13-10-17)22(26)24-20-3-1-2-4-21(20)28-19-11-14-27-15-19/h1-9,19H,10-15H2,(H,24,26). The normalized spacial score (nSPS) is 19.2. The van der Waals surface area contributed by atoms with E-state index in [9.17, 15) is 9.18 Å². The number of benzene rings is 2. The van der Waals surface area contributed by atoms with E-state index in [1.54, 1.807) is 17.0 Å². The van der Waals surface area contributed by atoms with Gasteiger partial charge in [-0.1, -0.05) is 30.3 Å². The van der Waals surface area contributed by atoms with Crippen LogP contribution in [0.1, 0.15) is 18.4 Å². The average molecular weight is 382 g/mol. The van der Waals surface area contributed by atoms with Gasteiger partial charge >= 0.3 is 6.03 Å². The Morgan fingerprint density at radius 1 is 1.18 bits per heavy atom. The van der Waals surface area contributed by atoms with Crippen molar-refractivity contribution in [2.75, 3.05) is 31.6 Å². The van der Waals surface area contributed by atoms with Gasteiger partial charge < -0.3 is 19.7 Å². The molecule has 5 nitrogen and oxygen atoms in total. The van der Waals surface area contributed by atoms with Crippen LogP contribution in [-0.4, -0.2) is 43.3 Å². The number of nitrogens with zero attached hydrogens (tertiary/aromatic N) is 1. The summed E-state index contributed by atoms with van der Waals surface area (Å²) < 4.78 is 24.4. The fraction of sp³-hybridized carbons (Fsp3) is 0.318. The van der Waals surface area contributed by atoms with Gasteiger partial charge in [-0.3, -0.25) is 0 Å². The number of rotatable bonds is 4. The van der Waals surface area contributed by atoms with Gasteiger partial charge in [0, 0.05) is 19.5 Å². The van der Waals surface area contributed by atoms with E-state index in [2.05, 4.69) is 5.32 Å². The average Bonchev–Trinajstić information content (AvgIpc) is 3.23. The Morgan fingerprint density at radius 2 is 2.00 bits per heavy atom. The van der Waals surface area contributed by atoms with E-state index in [0.717, 1.165) is 24.0 Å². The van der Waals surface area contributed by atoms with Crippen molar-refractivity contribution in [1.82, 2.24) is 4.90 Å². The van der Waals surface area contributed by atoms with E-state index in [1.165, 1.54) is 12.1 Å². The zero-order valence-corrected chi connectivity index (χ0v) is 15.6. The third-order valence-corrected chi connectivity index (χ3v) is 5.02. The van der Waals surface area contributed by atoms with E-state index < -0.39 is 0 Å². The molecule has 0 bridgehead atoms. The number of halogens is 1. The molecule has 0 aliphatic carbocycles. The lowest BCUT2D eigenvalue weighted by molar-refractivity contribution is 0.142. The SMILES string of the molecule is O=C(Nc1ccccc1OC1CCOC1)N1CC=C(c2ccc(F)cc2)CC1. The molecule has 2 aromatic carbocycles. The van der Waals surface area contributed by atoms with Gasteiger partial charge in [0.2, 0.25) is 0 Å². The molecule has 0 aromatic heterocycles.